The standard InChI is InChI=1S/C19H21ClO3/c1-22-14-6-7-15(18(20)10-14)17-11-16(17)13-5-3-4-12(8-13)9-19(21)23-2/h4,6-8,10,16-17H,3,5,9,11H2,1-2H3. The van der Waals surface area contributed by atoms with Crippen LogP contribution in [0.2, 0.25) is 5.02 Å². The van der Waals surface area contributed by atoms with Crippen molar-refractivity contribution in [1.29, 1.82) is 0 Å². The fourth-order valence-electron chi connectivity index (χ4n) is 3.33. The van der Waals surface area contributed by atoms with E-state index in [0.29, 0.717) is 18.3 Å². The van der Waals surface area contributed by atoms with Crippen molar-refractivity contribution in [2.45, 2.75) is 31.6 Å². The maximum absolute atomic E-state index is 11.4. The first-order valence-corrected chi connectivity index (χ1v) is 8.30. The number of benzene rings is 1. The molecule has 1 aromatic carbocycles. The van der Waals surface area contributed by atoms with Gasteiger partial charge in [0.1, 0.15) is 5.75 Å². The largest absolute Gasteiger partial charge is 0.497 e. The van der Waals surface area contributed by atoms with Crippen molar-refractivity contribution in [3.8, 4) is 5.75 Å². The first kappa shape index (κ1) is 16.1. The molecule has 0 aliphatic heterocycles. The lowest BCUT2D eigenvalue weighted by atomic mass is 9.93. The Kier molecular flexibility index (Phi) is 4.76. The highest BCUT2D eigenvalue weighted by molar-refractivity contribution is 6.31. The van der Waals surface area contributed by atoms with Crippen molar-refractivity contribution in [2.24, 2.45) is 5.92 Å². The zero-order chi connectivity index (χ0) is 16.4. The SMILES string of the molecule is COC(=O)CC1=CCCC(C2CC2c2ccc(OC)cc2Cl)=C1. The molecule has 23 heavy (non-hydrogen) atoms. The molecule has 1 aromatic rings. The number of ether oxygens (including phenoxy) is 2. The molecule has 0 amide bonds. The highest BCUT2D eigenvalue weighted by atomic mass is 35.5. The second-order valence-electron chi connectivity index (χ2n) is 6.13. The minimum Gasteiger partial charge on any atom is -0.497 e. The molecule has 4 heteroatoms. The van der Waals surface area contributed by atoms with Crippen molar-refractivity contribution >= 4 is 17.6 Å². The van der Waals surface area contributed by atoms with Gasteiger partial charge in [-0.05, 0) is 54.4 Å². The van der Waals surface area contributed by atoms with E-state index >= 15 is 0 Å². The van der Waals surface area contributed by atoms with E-state index in [-0.39, 0.29) is 5.97 Å². The summed E-state index contributed by atoms with van der Waals surface area (Å²) in [7, 11) is 3.08. The normalized spacial score (nSPS) is 22.9. The summed E-state index contributed by atoms with van der Waals surface area (Å²) in [5.41, 5.74) is 3.70. The topological polar surface area (TPSA) is 35.5 Å². The molecular weight excluding hydrogens is 312 g/mol. The van der Waals surface area contributed by atoms with Crippen LogP contribution in [0.4, 0.5) is 0 Å². The maximum atomic E-state index is 11.4. The summed E-state index contributed by atoms with van der Waals surface area (Å²) in [4.78, 5) is 11.4. The number of carbonyl (C=O) groups excluding carboxylic acids is 1. The van der Waals surface area contributed by atoms with Crippen LogP contribution >= 0.6 is 11.6 Å². The minimum atomic E-state index is -0.181. The van der Waals surface area contributed by atoms with Gasteiger partial charge < -0.3 is 9.47 Å². The van der Waals surface area contributed by atoms with Crippen LogP contribution in [0.5, 0.6) is 5.75 Å². The van der Waals surface area contributed by atoms with E-state index in [9.17, 15) is 4.79 Å². The monoisotopic (exact) mass is 332 g/mol. The highest BCUT2D eigenvalue weighted by Gasteiger charge is 2.41. The zero-order valence-corrected chi connectivity index (χ0v) is 14.2. The van der Waals surface area contributed by atoms with Crippen LogP contribution in [0, 0.1) is 5.92 Å². The number of halogens is 1. The second-order valence-corrected chi connectivity index (χ2v) is 6.53. The van der Waals surface area contributed by atoms with E-state index in [1.807, 2.05) is 12.1 Å². The van der Waals surface area contributed by atoms with Gasteiger partial charge >= 0.3 is 5.97 Å². The van der Waals surface area contributed by atoms with Gasteiger partial charge in [-0.3, -0.25) is 4.79 Å². The van der Waals surface area contributed by atoms with Crippen LogP contribution in [0.15, 0.2) is 41.5 Å². The molecule has 0 saturated heterocycles. The van der Waals surface area contributed by atoms with Crippen LogP contribution in [0.25, 0.3) is 0 Å². The Morgan fingerprint density at radius 1 is 1.30 bits per heavy atom. The van der Waals surface area contributed by atoms with Crippen LogP contribution in [-0.4, -0.2) is 20.2 Å². The molecule has 0 bridgehead atoms. The summed E-state index contributed by atoms with van der Waals surface area (Å²) < 4.78 is 9.96. The number of rotatable bonds is 5. The maximum Gasteiger partial charge on any atom is 0.309 e. The Morgan fingerprint density at radius 3 is 2.83 bits per heavy atom. The average Bonchev–Trinajstić information content (AvgIpc) is 3.35. The summed E-state index contributed by atoms with van der Waals surface area (Å²) >= 11 is 6.39. The predicted molar refractivity (Wildman–Crippen MR) is 90.9 cm³/mol. The third kappa shape index (κ3) is 3.61. The second kappa shape index (κ2) is 6.79. The van der Waals surface area contributed by atoms with Gasteiger partial charge in [0.05, 0.1) is 20.6 Å². The summed E-state index contributed by atoms with van der Waals surface area (Å²) in [6.45, 7) is 0. The quantitative estimate of drug-likeness (QED) is 0.735. The summed E-state index contributed by atoms with van der Waals surface area (Å²) in [5.74, 6) is 1.63. The van der Waals surface area contributed by atoms with E-state index in [1.54, 1.807) is 7.11 Å². The molecule has 0 heterocycles. The van der Waals surface area contributed by atoms with Gasteiger partial charge in [0.25, 0.3) is 0 Å². The number of methoxy groups -OCH3 is 2. The molecule has 3 nitrogen and oxygen atoms in total. The molecule has 0 spiro atoms. The number of hydrogen-bond acceptors (Lipinski definition) is 3. The van der Waals surface area contributed by atoms with E-state index in [1.165, 1.54) is 18.2 Å². The highest BCUT2D eigenvalue weighted by Crippen LogP contribution is 2.55. The molecule has 0 aromatic heterocycles. The number of carbonyl (C=O) groups is 1. The van der Waals surface area contributed by atoms with Gasteiger partial charge in [0.15, 0.2) is 0 Å². The molecule has 2 unspecified atom stereocenters. The van der Waals surface area contributed by atoms with E-state index < -0.39 is 0 Å². The predicted octanol–water partition coefficient (Wildman–Crippen LogP) is 4.66. The fraction of sp³-hybridized carbons (Fsp3) is 0.421. The number of allylic oxidation sites excluding steroid dienone is 3. The third-order valence-corrected chi connectivity index (χ3v) is 4.99. The molecule has 122 valence electrons. The van der Waals surface area contributed by atoms with Gasteiger partial charge in [-0.1, -0.05) is 35.4 Å². The molecule has 1 saturated carbocycles. The van der Waals surface area contributed by atoms with Gasteiger partial charge in [-0.25, -0.2) is 0 Å². The van der Waals surface area contributed by atoms with Crippen LogP contribution < -0.4 is 4.74 Å². The van der Waals surface area contributed by atoms with Gasteiger partial charge in [0, 0.05) is 5.02 Å². The van der Waals surface area contributed by atoms with Crippen LogP contribution in [0.1, 0.15) is 37.2 Å². The Balaban J connectivity index is 1.70. The van der Waals surface area contributed by atoms with Gasteiger partial charge in [-0.15, -0.1) is 0 Å². The molecular formula is C19H21ClO3. The Hall–Kier alpha value is -1.74. The molecule has 1 fully saturated rings. The molecule has 2 aliphatic rings. The zero-order valence-electron chi connectivity index (χ0n) is 13.5. The minimum absolute atomic E-state index is 0.181. The Labute approximate surface area is 141 Å². The molecule has 0 N–H and O–H groups in total. The lowest BCUT2D eigenvalue weighted by molar-refractivity contribution is -0.139. The van der Waals surface area contributed by atoms with Crippen molar-refractivity contribution in [2.75, 3.05) is 14.2 Å². The lowest BCUT2D eigenvalue weighted by Crippen LogP contribution is -2.04. The lowest BCUT2D eigenvalue weighted by Gasteiger charge is -2.14. The van der Waals surface area contributed by atoms with Crippen LogP contribution in [-0.2, 0) is 9.53 Å². The van der Waals surface area contributed by atoms with Crippen molar-refractivity contribution in [1.82, 2.24) is 0 Å². The van der Waals surface area contributed by atoms with Gasteiger partial charge in [-0.2, -0.15) is 0 Å². The third-order valence-electron chi connectivity index (χ3n) is 4.66. The van der Waals surface area contributed by atoms with E-state index in [2.05, 4.69) is 18.2 Å². The van der Waals surface area contributed by atoms with Crippen molar-refractivity contribution in [3.05, 3.63) is 52.1 Å². The Bertz CT molecular complexity index is 675. The van der Waals surface area contributed by atoms with Gasteiger partial charge in [0.2, 0.25) is 0 Å². The summed E-state index contributed by atoms with van der Waals surface area (Å²) in [5, 5.41) is 0.776. The average molecular weight is 333 g/mol. The summed E-state index contributed by atoms with van der Waals surface area (Å²) in [6.07, 6.45) is 7.88. The molecule has 2 atom stereocenters. The van der Waals surface area contributed by atoms with E-state index in [0.717, 1.165) is 35.6 Å². The molecule has 0 radical (unpaired) electrons. The number of hydrogen-bond donors (Lipinski definition) is 0. The number of esters is 1. The Morgan fingerprint density at radius 2 is 2.13 bits per heavy atom. The smallest absolute Gasteiger partial charge is 0.309 e. The molecule has 2 aliphatic carbocycles. The van der Waals surface area contributed by atoms with E-state index in [4.69, 9.17) is 21.1 Å². The van der Waals surface area contributed by atoms with Crippen molar-refractivity contribution < 1.29 is 14.3 Å². The fourth-order valence-corrected chi connectivity index (χ4v) is 3.64. The first-order valence-electron chi connectivity index (χ1n) is 7.92. The molecule has 3 rings (SSSR count). The van der Waals surface area contributed by atoms with Crippen LogP contribution in [0.3, 0.4) is 0 Å². The summed E-state index contributed by atoms with van der Waals surface area (Å²) in [6, 6.07) is 5.92. The van der Waals surface area contributed by atoms with Crippen molar-refractivity contribution in [3.63, 3.8) is 0 Å². The first-order chi connectivity index (χ1) is 11.1.